The van der Waals surface area contributed by atoms with Crippen molar-refractivity contribution in [1.29, 1.82) is 5.26 Å². The lowest BCUT2D eigenvalue weighted by Gasteiger charge is -2.23. The molecule has 0 radical (unpaired) electrons. The summed E-state index contributed by atoms with van der Waals surface area (Å²) in [6.07, 6.45) is 6.76. The molecule has 1 aromatic carbocycles. The van der Waals surface area contributed by atoms with Gasteiger partial charge < -0.3 is 4.90 Å². The molecular formula is C21H28N2O. The average molecular weight is 324 g/mol. The number of likely N-dealkylation sites (N-methyl/N-ethyl adjacent to an activating group) is 1. The molecule has 0 aliphatic heterocycles. The van der Waals surface area contributed by atoms with E-state index in [-0.39, 0.29) is 16.9 Å². The van der Waals surface area contributed by atoms with Gasteiger partial charge in [0.2, 0.25) is 0 Å². The van der Waals surface area contributed by atoms with E-state index in [1.807, 2.05) is 30.3 Å². The molecule has 0 fully saturated rings. The summed E-state index contributed by atoms with van der Waals surface area (Å²) in [4.78, 5) is 14.0. The van der Waals surface area contributed by atoms with Gasteiger partial charge in [0.15, 0.2) is 0 Å². The number of rotatable bonds is 7. The predicted octanol–water partition coefficient (Wildman–Crippen LogP) is 5.26. The zero-order chi connectivity index (χ0) is 18.2. The van der Waals surface area contributed by atoms with E-state index in [0.717, 1.165) is 18.5 Å². The lowest BCUT2D eigenvalue weighted by molar-refractivity contribution is -0.114. The van der Waals surface area contributed by atoms with Crippen LogP contribution in [0.15, 0.2) is 53.6 Å². The highest BCUT2D eigenvalue weighted by Crippen LogP contribution is 2.28. The van der Waals surface area contributed by atoms with Crippen LogP contribution in [0.3, 0.4) is 0 Å². The van der Waals surface area contributed by atoms with Crippen molar-refractivity contribution in [2.45, 2.75) is 47.0 Å². The fourth-order valence-electron chi connectivity index (χ4n) is 2.36. The minimum Gasteiger partial charge on any atom is -0.311 e. The zero-order valence-electron chi connectivity index (χ0n) is 15.5. The molecule has 0 aromatic heterocycles. The zero-order valence-corrected chi connectivity index (χ0v) is 15.5. The quantitative estimate of drug-likeness (QED) is 0.390. The van der Waals surface area contributed by atoms with E-state index in [9.17, 15) is 10.1 Å². The summed E-state index contributed by atoms with van der Waals surface area (Å²) in [5, 5.41) is 9.36. The molecule has 0 N–H and O–H groups in total. The Morgan fingerprint density at radius 1 is 1.21 bits per heavy atom. The van der Waals surface area contributed by atoms with E-state index in [1.165, 1.54) is 10.5 Å². The smallest absolute Gasteiger partial charge is 0.268 e. The summed E-state index contributed by atoms with van der Waals surface area (Å²) in [7, 11) is 1.70. The topological polar surface area (TPSA) is 44.1 Å². The number of allylic oxidation sites excluding steroid dienone is 3. The minimum atomic E-state index is -0.260. The van der Waals surface area contributed by atoms with Crippen LogP contribution in [0.2, 0.25) is 0 Å². The van der Waals surface area contributed by atoms with Crippen molar-refractivity contribution in [2.75, 3.05) is 11.9 Å². The molecule has 0 spiro atoms. The van der Waals surface area contributed by atoms with Crippen molar-refractivity contribution < 1.29 is 4.79 Å². The van der Waals surface area contributed by atoms with Gasteiger partial charge in [-0.3, -0.25) is 4.79 Å². The number of nitriles is 1. The number of anilines is 1. The first-order chi connectivity index (χ1) is 11.3. The van der Waals surface area contributed by atoms with Crippen LogP contribution in [0.4, 0.5) is 5.69 Å². The number of nitrogens with zero attached hydrogens (tertiary/aromatic N) is 2. The summed E-state index contributed by atoms with van der Waals surface area (Å²) in [6.45, 7) is 8.53. The Balaban J connectivity index is 2.77. The van der Waals surface area contributed by atoms with E-state index >= 15 is 0 Å². The molecule has 0 aliphatic rings. The molecule has 0 atom stereocenters. The van der Waals surface area contributed by atoms with Gasteiger partial charge in [0.1, 0.15) is 11.6 Å². The first-order valence-electron chi connectivity index (χ1n) is 8.33. The van der Waals surface area contributed by atoms with Crippen molar-refractivity contribution in [3.05, 3.63) is 53.6 Å². The maximum Gasteiger partial charge on any atom is 0.268 e. The van der Waals surface area contributed by atoms with Gasteiger partial charge in [-0.2, -0.15) is 5.26 Å². The summed E-state index contributed by atoms with van der Waals surface area (Å²) in [5.74, 6) is -0.260. The Hall–Kier alpha value is -2.34. The monoisotopic (exact) mass is 324 g/mol. The van der Waals surface area contributed by atoms with Gasteiger partial charge in [-0.25, -0.2) is 0 Å². The highest BCUT2D eigenvalue weighted by molar-refractivity contribution is 6.07. The molecule has 1 rings (SSSR count). The Morgan fingerprint density at radius 2 is 1.83 bits per heavy atom. The van der Waals surface area contributed by atoms with Gasteiger partial charge in [-0.05, 0) is 50.7 Å². The molecule has 128 valence electrons. The van der Waals surface area contributed by atoms with Crippen molar-refractivity contribution in [2.24, 2.45) is 5.41 Å². The van der Waals surface area contributed by atoms with Crippen LogP contribution in [-0.4, -0.2) is 13.0 Å². The fourth-order valence-corrected chi connectivity index (χ4v) is 2.36. The van der Waals surface area contributed by atoms with Crippen molar-refractivity contribution in [3.63, 3.8) is 0 Å². The molecule has 0 saturated heterocycles. The average Bonchev–Trinajstić information content (AvgIpc) is 2.54. The van der Waals surface area contributed by atoms with E-state index in [0.29, 0.717) is 6.42 Å². The van der Waals surface area contributed by atoms with Gasteiger partial charge in [-0.15, -0.1) is 0 Å². The third kappa shape index (κ3) is 6.42. The van der Waals surface area contributed by atoms with Gasteiger partial charge in [0, 0.05) is 12.7 Å². The number of benzene rings is 1. The Morgan fingerprint density at radius 3 is 2.38 bits per heavy atom. The summed E-state index contributed by atoms with van der Waals surface area (Å²) in [6, 6.07) is 11.4. The van der Waals surface area contributed by atoms with Gasteiger partial charge in [0.25, 0.3) is 5.91 Å². The van der Waals surface area contributed by atoms with E-state index < -0.39 is 0 Å². The standard InChI is InChI=1S/C21H28N2O/c1-17(2)10-9-14-21(3,4)15-13-18(16-22)20(24)23(5)19-11-7-6-8-12-19/h6-8,10-13H,9,14-15H2,1-5H3/b18-13+. The Labute approximate surface area is 146 Å². The maximum absolute atomic E-state index is 12.5. The SMILES string of the molecule is CC(C)=CCCC(C)(C)C/C=C(\C#N)C(=O)N(C)c1ccccc1. The van der Waals surface area contributed by atoms with E-state index in [4.69, 9.17) is 0 Å². The maximum atomic E-state index is 12.5. The van der Waals surface area contributed by atoms with Crippen LogP contribution >= 0.6 is 0 Å². The fraction of sp³-hybridized carbons (Fsp3) is 0.429. The number of amides is 1. The second kappa shape index (κ2) is 9.08. The van der Waals surface area contributed by atoms with Crippen molar-refractivity contribution >= 4 is 11.6 Å². The largest absolute Gasteiger partial charge is 0.311 e. The number of hydrogen-bond donors (Lipinski definition) is 0. The molecule has 1 aromatic rings. The lowest BCUT2D eigenvalue weighted by atomic mass is 9.83. The lowest BCUT2D eigenvalue weighted by Crippen LogP contribution is -2.27. The normalized spacial score (nSPS) is 11.6. The van der Waals surface area contributed by atoms with E-state index in [2.05, 4.69) is 39.8 Å². The van der Waals surface area contributed by atoms with E-state index in [1.54, 1.807) is 13.1 Å². The Kier molecular flexibility index (Phi) is 7.45. The van der Waals surface area contributed by atoms with Gasteiger partial charge in [0.05, 0.1) is 0 Å². The highest BCUT2D eigenvalue weighted by atomic mass is 16.2. The summed E-state index contributed by atoms with van der Waals surface area (Å²) >= 11 is 0. The van der Waals surface area contributed by atoms with Crippen molar-refractivity contribution in [1.82, 2.24) is 0 Å². The highest BCUT2D eigenvalue weighted by Gasteiger charge is 2.19. The Bertz CT molecular complexity index is 644. The molecule has 0 unspecified atom stereocenters. The van der Waals surface area contributed by atoms with Crippen LogP contribution in [0.1, 0.15) is 47.0 Å². The molecule has 3 nitrogen and oxygen atoms in total. The molecule has 1 amide bonds. The molecule has 0 aliphatic carbocycles. The molecule has 0 saturated carbocycles. The predicted molar refractivity (Wildman–Crippen MR) is 101 cm³/mol. The first kappa shape index (κ1) is 19.7. The van der Waals surface area contributed by atoms with Gasteiger partial charge >= 0.3 is 0 Å². The van der Waals surface area contributed by atoms with Crippen LogP contribution in [0, 0.1) is 16.7 Å². The number of carbonyl (C=O) groups excluding carboxylic acids is 1. The first-order valence-corrected chi connectivity index (χ1v) is 8.33. The second-order valence-electron chi connectivity index (χ2n) is 7.12. The summed E-state index contributed by atoms with van der Waals surface area (Å²) < 4.78 is 0. The minimum absolute atomic E-state index is 0.0552. The molecule has 0 bridgehead atoms. The molecular weight excluding hydrogens is 296 g/mol. The second-order valence-corrected chi connectivity index (χ2v) is 7.12. The number of para-hydroxylation sites is 1. The third-order valence-corrected chi connectivity index (χ3v) is 4.03. The number of hydrogen-bond acceptors (Lipinski definition) is 2. The molecule has 3 heteroatoms. The van der Waals surface area contributed by atoms with Crippen molar-refractivity contribution in [3.8, 4) is 6.07 Å². The van der Waals surface area contributed by atoms with Gasteiger partial charge in [-0.1, -0.05) is 49.8 Å². The van der Waals surface area contributed by atoms with Crippen LogP contribution in [0.25, 0.3) is 0 Å². The third-order valence-electron chi connectivity index (χ3n) is 4.03. The molecule has 0 heterocycles. The van der Waals surface area contributed by atoms with Crippen LogP contribution in [-0.2, 0) is 4.79 Å². The van der Waals surface area contributed by atoms with Crippen LogP contribution < -0.4 is 4.90 Å². The summed E-state index contributed by atoms with van der Waals surface area (Å²) in [5.41, 5.74) is 2.36. The van der Waals surface area contributed by atoms with Crippen LogP contribution in [0.5, 0.6) is 0 Å². The number of carbonyl (C=O) groups is 1. The molecule has 24 heavy (non-hydrogen) atoms.